The monoisotopic (exact) mass is 879 g/mol. The molecule has 0 aliphatic rings. The number of hydrogen-bond acceptors (Lipinski definition) is 4. The summed E-state index contributed by atoms with van der Waals surface area (Å²) < 4.78 is 11.8. The van der Waals surface area contributed by atoms with Gasteiger partial charge in [0, 0.05) is 49.1 Å². The van der Waals surface area contributed by atoms with Gasteiger partial charge in [-0.25, -0.2) is 15.0 Å². The molecule has 6 nitrogen and oxygen atoms in total. The van der Waals surface area contributed by atoms with Crippen LogP contribution in [0, 0.1) is 0 Å². The van der Waals surface area contributed by atoms with Gasteiger partial charge in [-0.05, 0) is 99.0 Å². The molecule has 0 aliphatic carbocycles. The van der Waals surface area contributed by atoms with E-state index >= 15 is 0 Å². The molecule has 15 aromatic rings. The van der Waals surface area contributed by atoms with Crippen LogP contribution in [0.3, 0.4) is 0 Å². The lowest BCUT2D eigenvalue weighted by molar-refractivity contribution is 0.669. The summed E-state index contributed by atoms with van der Waals surface area (Å²) in [5.41, 5.74) is 10.4. The molecule has 0 bridgehead atoms. The number of furan rings is 1. The number of para-hydroxylation sites is 4. The molecule has 0 amide bonds. The number of fused-ring (bicyclic) bond motifs is 12. The molecule has 320 valence electrons. The van der Waals surface area contributed by atoms with E-state index in [-0.39, 0.29) is 0 Å². The van der Waals surface area contributed by atoms with Crippen molar-refractivity contribution in [3.8, 4) is 45.5 Å². The summed E-state index contributed by atoms with van der Waals surface area (Å²) in [5.74, 6) is 1.65. The van der Waals surface area contributed by atoms with Gasteiger partial charge in [0.2, 0.25) is 0 Å². The van der Waals surface area contributed by atoms with Crippen LogP contribution in [0.15, 0.2) is 229 Å². The maximum Gasteiger partial charge on any atom is 0.170 e. The minimum absolute atomic E-state index is 0.513. The van der Waals surface area contributed by atoms with E-state index in [9.17, 15) is 0 Å². The van der Waals surface area contributed by atoms with Gasteiger partial charge in [0.15, 0.2) is 17.5 Å². The van der Waals surface area contributed by atoms with E-state index in [2.05, 4.69) is 221 Å². The highest BCUT2D eigenvalue weighted by atomic mass is 16.3. The Morgan fingerprint density at radius 3 is 1.59 bits per heavy atom. The van der Waals surface area contributed by atoms with Gasteiger partial charge in [-0.2, -0.15) is 0 Å². The zero-order valence-electron chi connectivity index (χ0n) is 37.0. The van der Waals surface area contributed by atoms with Crippen molar-refractivity contribution >= 4 is 97.9 Å². The normalized spacial score (nSPS) is 12.1. The lowest BCUT2D eigenvalue weighted by Crippen LogP contribution is -2.05. The number of nitrogens with zero attached hydrogens (tertiary/aromatic N) is 5. The quantitative estimate of drug-likeness (QED) is 0.173. The fourth-order valence-electron chi connectivity index (χ4n) is 11.0. The summed E-state index contributed by atoms with van der Waals surface area (Å²) in [7, 11) is 0. The second-order valence-corrected chi connectivity index (χ2v) is 17.9. The van der Waals surface area contributed by atoms with Crippen LogP contribution >= 0.6 is 0 Å². The molecular formula is C63H37N5O. The van der Waals surface area contributed by atoms with Crippen molar-refractivity contribution in [3.05, 3.63) is 224 Å². The van der Waals surface area contributed by atoms with Gasteiger partial charge in [-0.1, -0.05) is 158 Å². The fourth-order valence-corrected chi connectivity index (χ4v) is 11.0. The van der Waals surface area contributed by atoms with Crippen LogP contribution in [0.1, 0.15) is 0 Å². The molecule has 11 aromatic carbocycles. The van der Waals surface area contributed by atoms with Crippen molar-refractivity contribution in [1.29, 1.82) is 0 Å². The first kappa shape index (κ1) is 37.8. The predicted molar refractivity (Wildman–Crippen MR) is 285 cm³/mol. The second kappa shape index (κ2) is 14.6. The van der Waals surface area contributed by atoms with E-state index in [0.717, 1.165) is 98.8 Å². The standard InChI is InChI=1S/C63H37N5O/c1-2-22-43(23-3-1)67-53-30-12-10-25-45(53)47-27-15-29-50(59(47)67)62-64-61(49-28-14-21-38-16-8-9-24-44(38)49)65-63(66-62)58-54(33-32-48-46-26-11-13-31-57(46)69-60(48)58)68-55-36-41-19-6-4-17-39(41)34-51(55)52-35-40-18-5-7-20-42(40)37-56(52)68/h1-37H. The SMILES string of the molecule is c1ccc(-n2c3ccccc3c3cccc(-c4nc(-c5cccc6ccccc56)nc(-c5c(-n6c7cc8ccccc8cc7c7cc8ccccc8cc76)ccc6c5oc5ccccc56)n4)c32)cc1. The number of hydrogen-bond donors (Lipinski definition) is 0. The Morgan fingerprint density at radius 2 is 0.855 bits per heavy atom. The number of benzene rings is 11. The lowest BCUT2D eigenvalue weighted by Gasteiger charge is -2.16. The molecule has 0 fully saturated rings. The molecule has 0 N–H and O–H groups in total. The molecule has 0 aliphatic heterocycles. The highest BCUT2D eigenvalue weighted by Gasteiger charge is 2.27. The van der Waals surface area contributed by atoms with Crippen LogP contribution < -0.4 is 0 Å². The van der Waals surface area contributed by atoms with Crippen molar-refractivity contribution in [2.45, 2.75) is 0 Å². The van der Waals surface area contributed by atoms with Crippen LogP contribution in [0.5, 0.6) is 0 Å². The molecule has 0 radical (unpaired) electrons. The van der Waals surface area contributed by atoms with Crippen LogP contribution in [-0.2, 0) is 0 Å². The Bertz CT molecular complexity index is 4520. The molecule has 0 unspecified atom stereocenters. The van der Waals surface area contributed by atoms with Gasteiger partial charge in [-0.3, -0.25) is 0 Å². The van der Waals surface area contributed by atoms with Crippen molar-refractivity contribution in [2.75, 3.05) is 0 Å². The zero-order valence-corrected chi connectivity index (χ0v) is 37.0. The van der Waals surface area contributed by atoms with Crippen molar-refractivity contribution in [2.24, 2.45) is 0 Å². The van der Waals surface area contributed by atoms with Crippen LogP contribution in [-0.4, -0.2) is 24.1 Å². The number of rotatable bonds is 5. The summed E-state index contributed by atoms with van der Waals surface area (Å²) >= 11 is 0. The first-order chi connectivity index (χ1) is 34.2. The van der Waals surface area contributed by atoms with Gasteiger partial charge < -0.3 is 13.6 Å². The van der Waals surface area contributed by atoms with Gasteiger partial charge in [0.25, 0.3) is 0 Å². The average molecular weight is 880 g/mol. The lowest BCUT2D eigenvalue weighted by atomic mass is 10.0. The molecule has 0 spiro atoms. The summed E-state index contributed by atoms with van der Waals surface area (Å²) in [6.07, 6.45) is 0. The first-order valence-corrected chi connectivity index (χ1v) is 23.3. The highest BCUT2D eigenvalue weighted by Crippen LogP contribution is 2.45. The summed E-state index contributed by atoms with van der Waals surface area (Å²) in [6.45, 7) is 0. The third-order valence-corrected chi connectivity index (χ3v) is 14.1. The molecular weight excluding hydrogens is 843 g/mol. The maximum atomic E-state index is 7.07. The van der Waals surface area contributed by atoms with E-state index in [4.69, 9.17) is 19.4 Å². The largest absolute Gasteiger partial charge is 0.455 e. The highest BCUT2D eigenvalue weighted by molar-refractivity contribution is 6.19. The Kier molecular flexibility index (Phi) is 7.97. The molecule has 4 aromatic heterocycles. The van der Waals surface area contributed by atoms with Crippen LogP contribution in [0.4, 0.5) is 0 Å². The van der Waals surface area contributed by atoms with E-state index in [1.54, 1.807) is 0 Å². The van der Waals surface area contributed by atoms with Gasteiger partial charge in [0.05, 0.1) is 33.3 Å². The average Bonchev–Trinajstić information content (AvgIpc) is 4.06. The Labute approximate surface area is 394 Å². The second-order valence-electron chi connectivity index (χ2n) is 17.9. The van der Waals surface area contributed by atoms with Gasteiger partial charge in [0.1, 0.15) is 11.2 Å². The minimum atomic E-state index is 0.513. The Hall–Kier alpha value is -9.39. The van der Waals surface area contributed by atoms with Crippen molar-refractivity contribution < 1.29 is 4.42 Å². The summed E-state index contributed by atoms with van der Waals surface area (Å²) in [6, 6.07) is 79.7. The predicted octanol–water partition coefficient (Wildman–Crippen LogP) is 16.4. The maximum absolute atomic E-state index is 7.07. The van der Waals surface area contributed by atoms with Gasteiger partial charge in [-0.15, -0.1) is 0 Å². The Balaban J connectivity index is 1.11. The summed E-state index contributed by atoms with van der Waals surface area (Å²) in [5, 5.41) is 13.5. The van der Waals surface area contributed by atoms with Crippen LogP contribution in [0.25, 0.3) is 143 Å². The van der Waals surface area contributed by atoms with Gasteiger partial charge >= 0.3 is 0 Å². The zero-order chi connectivity index (χ0) is 45.2. The molecule has 15 rings (SSSR count). The molecule has 0 saturated carbocycles. The molecule has 6 heteroatoms. The first-order valence-electron chi connectivity index (χ1n) is 23.3. The van der Waals surface area contributed by atoms with E-state index in [1.165, 1.54) is 21.5 Å². The molecule has 0 saturated heterocycles. The third-order valence-electron chi connectivity index (χ3n) is 14.1. The van der Waals surface area contributed by atoms with Crippen LogP contribution in [0.2, 0.25) is 0 Å². The van der Waals surface area contributed by atoms with E-state index < -0.39 is 0 Å². The topological polar surface area (TPSA) is 61.7 Å². The van der Waals surface area contributed by atoms with E-state index in [1.807, 2.05) is 12.1 Å². The Morgan fingerprint density at radius 1 is 0.319 bits per heavy atom. The minimum Gasteiger partial charge on any atom is -0.455 e. The molecule has 4 heterocycles. The molecule has 0 atom stereocenters. The van der Waals surface area contributed by atoms with Crippen molar-refractivity contribution in [1.82, 2.24) is 24.1 Å². The number of aromatic nitrogens is 5. The van der Waals surface area contributed by atoms with Crippen molar-refractivity contribution in [3.63, 3.8) is 0 Å². The third kappa shape index (κ3) is 5.63. The summed E-state index contributed by atoms with van der Waals surface area (Å²) in [4.78, 5) is 16.8. The smallest absolute Gasteiger partial charge is 0.170 e. The fraction of sp³-hybridized carbons (Fsp3) is 0. The molecule has 69 heavy (non-hydrogen) atoms. The van der Waals surface area contributed by atoms with E-state index in [0.29, 0.717) is 23.1 Å².